The standard InChI is InChI=1S/C14H16N4O/c1-15-13-5-8-17-10-12(13)14(19)18-9-4-11-2-6-16-7-3-11/h2-3,5-8,10H,4,9H2,1H3,(H,15,17)(H,18,19). The van der Waals surface area contributed by atoms with E-state index in [9.17, 15) is 4.79 Å². The number of anilines is 1. The molecule has 19 heavy (non-hydrogen) atoms. The molecule has 5 heteroatoms. The zero-order chi connectivity index (χ0) is 13.5. The Kier molecular flexibility index (Phi) is 4.44. The first kappa shape index (κ1) is 13.0. The summed E-state index contributed by atoms with van der Waals surface area (Å²) in [5, 5.41) is 5.86. The quantitative estimate of drug-likeness (QED) is 0.850. The van der Waals surface area contributed by atoms with Gasteiger partial charge in [0.2, 0.25) is 0 Å². The molecule has 2 aromatic heterocycles. The lowest BCUT2D eigenvalue weighted by Crippen LogP contribution is -2.26. The number of pyridine rings is 2. The molecule has 0 atom stereocenters. The molecular formula is C14H16N4O. The van der Waals surface area contributed by atoms with E-state index in [1.807, 2.05) is 12.1 Å². The molecule has 98 valence electrons. The SMILES string of the molecule is CNc1ccncc1C(=O)NCCc1ccncc1. The number of nitrogens with one attached hydrogen (secondary N) is 2. The van der Waals surface area contributed by atoms with Crippen molar-refractivity contribution in [1.82, 2.24) is 15.3 Å². The summed E-state index contributed by atoms with van der Waals surface area (Å²) < 4.78 is 0. The lowest BCUT2D eigenvalue weighted by Gasteiger charge is -2.09. The first-order valence-electron chi connectivity index (χ1n) is 6.10. The number of carbonyl (C=O) groups is 1. The predicted molar refractivity (Wildman–Crippen MR) is 74.1 cm³/mol. The Morgan fingerprint density at radius 2 is 1.89 bits per heavy atom. The van der Waals surface area contributed by atoms with Crippen molar-refractivity contribution < 1.29 is 4.79 Å². The molecule has 2 rings (SSSR count). The number of aromatic nitrogens is 2. The second kappa shape index (κ2) is 6.49. The molecule has 0 spiro atoms. The summed E-state index contributed by atoms with van der Waals surface area (Å²) in [7, 11) is 1.78. The number of amides is 1. The first-order chi connectivity index (χ1) is 9.31. The molecule has 1 amide bonds. The number of rotatable bonds is 5. The second-order valence-electron chi connectivity index (χ2n) is 4.03. The Morgan fingerprint density at radius 3 is 2.63 bits per heavy atom. The molecule has 0 unspecified atom stereocenters. The van der Waals surface area contributed by atoms with Crippen LogP contribution in [0.3, 0.4) is 0 Å². The summed E-state index contributed by atoms with van der Waals surface area (Å²) in [5.41, 5.74) is 2.48. The lowest BCUT2D eigenvalue weighted by atomic mass is 10.2. The summed E-state index contributed by atoms with van der Waals surface area (Å²) in [6.07, 6.45) is 7.49. The number of carbonyl (C=O) groups excluding carboxylic acids is 1. The van der Waals surface area contributed by atoms with E-state index in [1.54, 1.807) is 37.9 Å². The highest BCUT2D eigenvalue weighted by Crippen LogP contribution is 2.11. The van der Waals surface area contributed by atoms with Crippen LogP contribution in [-0.2, 0) is 6.42 Å². The van der Waals surface area contributed by atoms with Gasteiger partial charge in [-0.3, -0.25) is 14.8 Å². The van der Waals surface area contributed by atoms with Crippen LogP contribution in [0.15, 0.2) is 43.0 Å². The van der Waals surface area contributed by atoms with Gasteiger partial charge in [-0.25, -0.2) is 0 Å². The van der Waals surface area contributed by atoms with E-state index < -0.39 is 0 Å². The van der Waals surface area contributed by atoms with Crippen molar-refractivity contribution in [1.29, 1.82) is 0 Å². The van der Waals surface area contributed by atoms with Crippen molar-refractivity contribution in [2.75, 3.05) is 18.9 Å². The second-order valence-corrected chi connectivity index (χ2v) is 4.03. The van der Waals surface area contributed by atoms with Gasteiger partial charge in [-0.15, -0.1) is 0 Å². The number of hydrogen-bond donors (Lipinski definition) is 2. The molecule has 0 saturated carbocycles. The summed E-state index contributed by atoms with van der Waals surface area (Å²) >= 11 is 0. The van der Waals surface area contributed by atoms with E-state index in [1.165, 1.54) is 0 Å². The average molecular weight is 256 g/mol. The van der Waals surface area contributed by atoms with Gasteiger partial charge in [0, 0.05) is 44.1 Å². The fraction of sp³-hybridized carbons (Fsp3) is 0.214. The smallest absolute Gasteiger partial charge is 0.254 e. The molecule has 2 heterocycles. The molecule has 0 fully saturated rings. The monoisotopic (exact) mass is 256 g/mol. The van der Waals surface area contributed by atoms with Crippen LogP contribution in [0, 0.1) is 0 Å². The van der Waals surface area contributed by atoms with Gasteiger partial charge in [-0.2, -0.15) is 0 Å². The highest BCUT2D eigenvalue weighted by atomic mass is 16.1. The van der Waals surface area contributed by atoms with Crippen LogP contribution < -0.4 is 10.6 Å². The zero-order valence-corrected chi connectivity index (χ0v) is 10.8. The van der Waals surface area contributed by atoms with E-state index >= 15 is 0 Å². The molecule has 2 N–H and O–H groups in total. The number of nitrogens with zero attached hydrogens (tertiary/aromatic N) is 2. The van der Waals surface area contributed by atoms with Crippen molar-refractivity contribution in [3.8, 4) is 0 Å². The largest absolute Gasteiger partial charge is 0.387 e. The van der Waals surface area contributed by atoms with Crippen LogP contribution in [-0.4, -0.2) is 29.5 Å². The zero-order valence-electron chi connectivity index (χ0n) is 10.8. The van der Waals surface area contributed by atoms with Crippen molar-refractivity contribution in [2.24, 2.45) is 0 Å². The van der Waals surface area contributed by atoms with E-state index in [-0.39, 0.29) is 5.91 Å². The Morgan fingerprint density at radius 1 is 1.16 bits per heavy atom. The predicted octanol–water partition coefficient (Wildman–Crippen LogP) is 1.49. The van der Waals surface area contributed by atoms with Crippen molar-refractivity contribution in [3.63, 3.8) is 0 Å². The van der Waals surface area contributed by atoms with Gasteiger partial charge in [-0.05, 0) is 30.2 Å². The minimum Gasteiger partial charge on any atom is -0.387 e. The summed E-state index contributed by atoms with van der Waals surface area (Å²) in [6, 6.07) is 5.66. The van der Waals surface area contributed by atoms with Crippen LogP contribution in [0.4, 0.5) is 5.69 Å². The van der Waals surface area contributed by atoms with Crippen LogP contribution in [0.1, 0.15) is 15.9 Å². The molecule has 5 nitrogen and oxygen atoms in total. The molecule has 0 aliphatic heterocycles. The maximum absolute atomic E-state index is 12.0. The van der Waals surface area contributed by atoms with E-state index in [2.05, 4.69) is 20.6 Å². The molecule has 0 saturated heterocycles. The third-order valence-electron chi connectivity index (χ3n) is 2.78. The molecule has 0 bridgehead atoms. The molecular weight excluding hydrogens is 240 g/mol. The summed E-state index contributed by atoms with van der Waals surface area (Å²) in [4.78, 5) is 19.9. The minimum atomic E-state index is -0.119. The third kappa shape index (κ3) is 3.51. The first-order valence-corrected chi connectivity index (χ1v) is 6.10. The van der Waals surface area contributed by atoms with Crippen LogP contribution in [0.5, 0.6) is 0 Å². The summed E-state index contributed by atoms with van der Waals surface area (Å²) in [6.45, 7) is 0.584. The van der Waals surface area contributed by atoms with Gasteiger partial charge in [0.25, 0.3) is 5.91 Å². The van der Waals surface area contributed by atoms with Gasteiger partial charge >= 0.3 is 0 Å². The Labute approximate surface area is 112 Å². The lowest BCUT2D eigenvalue weighted by molar-refractivity contribution is 0.0954. The Balaban J connectivity index is 1.91. The molecule has 0 aliphatic carbocycles. The van der Waals surface area contributed by atoms with Gasteiger partial charge in [-0.1, -0.05) is 0 Å². The van der Waals surface area contributed by atoms with Crippen LogP contribution in [0.25, 0.3) is 0 Å². The summed E-state index contributed by atoms with van der Waals surface area (Å²) in [5.74, 6) is -0.119. The third-order valence-corrected chi connectivity index (χ3v) is 2.78. The van der Waals surface area contributed by atoms with Crippen LogP contribution in [0.2, 0.25) is 0 Å². The minimum absolute atomic E-state index is 0.119. The molecule has 2 aromatic rings. The normalized spacial score (nSPS) is 9.95. The van der Waals surface area contributed by atoms with Crippen molar-refractivity contribution in [3.05, 3.63) is 54.1 Å². The van der Waals surface area contributed by atoms with Crippen LogP contribution >= 0.6 is 0 Å². The van der Waals surface area contributed by atoms with Crippen molar-refractivity contribution >= 4 is 11.6 Å². The highest BCUT2D eigenvalue weighted by molar-refractivity contribution is 5.99. The average Bonchev–Trinajstić information content (AvgIpc) is 2.48. The van der Waals surface area contributed by atoms with Crippen molar-refractivity contribution in [2.45, 2.75) is 6.42 Å². The van der Waals surface area contributed by atoms with E-state index in [0.717, 1.165) is 17.7 Å². The van der Waals surface area contributed by atoms with Gasteiger partial charge in [0.1, 0.15) is 0 Å². The Hall–Kier alpha value is -2.43. The fourth-order valence-electron chi connectivity index (χ4n) is 1.76. The van der Waals surface area contributed by atoms with E-state index in [0.29, 0.717) is 12.1 Å². The van der Waals surface area contributed by atoms with E-state index in [4.69, 9.17) is 0 Å². The highest BCUT2D eigenvalue weighted by Gasteiger charge is 2.09. The topological polar surface area (TPSA) is 66.9 Å². The van der Waals surface area contributed by atoms with Gasteiger partial charge in [0.15, 0.2) is 0 Å². The molecule has 0 radical (unpaired) electrons. The Bertz CT molecular complexity index is 542. The number of hydrogen-bond acceptors (Lipinski definition) is 4. The van der Waals surface area contributed by atoms with Gasteiger partial charge in [0.05, 0.1) is 5.56 Å². The fourth-order valence-corrected chi connectivity index (χ4v) is 1.76. The maximum atomic E-state index is 12.0. The maximum Gasteiger partial charge on any atom is 0.254 e. The molecule has 0 aromatic carbocycles. The van der Waals surface area contributed by atoms with Gasteiger partial charge < -0.3 is 10.6 Å². The molecule has 0 aliphatic rings.